The Kier molecular flexibility index (Phi) is 12.0. The van der Waals surface area contributed by atoms with E-state index in [-0.39, 0.29) is 11.6 Å². The van der Waals surface area contributed by atoms with E-state index in [1.807, 2.05) is 31.2 Å². The highest BCUT2D eigenvalue weighted by atomic mass is 16.5. The summed E-state index contributed by atoms with van der Waals surface area (Å²) in [4.78, 5) is 13.5. The van der Waals surface area contributed by atoms with Gasteiger partial charge in [-0.25, -0.2) is 0 Å². The first-order chi connectivity index (χ1) is 21.7. The van der Waals surface area contributed by atoms with Gasteiger partial charge < -0.3 is 9.47 Å². The minimum atomic E-state index is -0.495. The molecule has 4 aromatic carbocycles. The van der Waals surface area contributed by atoms with Gasteiger partial charge in [0, 0.05) is 11.1 Å². The van der Waals surface area contributed by atoms with Crippen LogP contribution in [0, 0.1) is 5.41 Å². The molecule has 0 aliphatic carbocycles. The van der Waals surface area contributed by atoms with Crippen LogP contribution in [0.25, 0.3) is 22.3 Å². The van der Waals surface area contributed by atoms with Gasteiger partial charge >= 0.3 is 5.97 Å². The molecule has 0 aliphatic heterocycles. The first-order valence-corrected chi connectivity index (χ1v) is 17.0. The molecular weight excluding hydrogens is 552 g/mol. The number of benzene rings is 4. The molecule has 0 heterocycles. The summed E-state index contributed by atoms with van der Waals surface area (Å²) in [5, 5.41) is 0. The molecule has 45 heavy (non-hydrogen) atoms. The van der Waals surface area contributed by atoms with Crippen molar-refractivity contribution in [1.29, 1.82) is 0 Å². The van der Waals surface area contributed by atoms with Gasteiger partial charge in [0.05, 0.1) is 5.41 Å². The molecule has 3 heteroatoms. The van der Waals surface area contributed by atoms with Gasteiger partial charge in [0.15, 0.2) is 0 Å². The van der Waals surface area contributed by atoms with Crippen LogP contribution >= 0.6 is 0 Å². The van der Waals surface area contributed by atoms with Crippen molar-refractivity contribution in [1.82, 2.24) is 0 Å². The number of hydrogen-bond acceptors (Lipinski definition) is 3. The summed E-state index contributed by atoms with van der Waals surface area (Å²) in [6.45, 7) is 12.9. The van der Waals surface area contributed by atoms with Crippen molar-refractivity contribution in [3.8, 4) is 33.8 Å². The van der Waals surface area contributed by atoms with Crippen LogP contribution in [0.3, 0.4) is 0 Å². The zero-order valence-electron chi connectivity index (χ0n) is 28.3. The average molecular weight is 605 g/mol. The second-order valence-electron chi connectivity index (χ2n) is 13.0. The number of hydrogen-bond donors (Lipinski definition) is 0. The van der Waals surface area contributed by atoms with Crippen LogP contribution in [0.5, 0.6) is 11.5 Å². The van der Waals surface area contributed by atoms with Crippen LogP contribution in [0.2, 0.25) is 0 Å². The van der Waals surface area contributed by atoms with Crippen molar-refractivity contribution >= 4 is 5.97 Å². The lowest BCUT2D eigenvalue weighted by Crippen LogP contribution is -2.31. The summed E-state index contributed by atoms with van der Waals surface area (Å²) >= 11 is 0. The van der Waals surface area contributed by atoms with Gasteiger partial charge in [0.2, 0.25) is 0 Å². The third-order valence-corrected chi connectivity index (χ3v) is 9.39. The highest BCUT2D eigenvalue weighted by molar-refractivity contribution is 5.82. The van der Waals surface area contributed by atoms with Crippen molar-refractivity contribution in [3.05, 3.63) is 108 Å². The Morgan fingerprint density at radius 3 is 1.64 bits per heavy atom. The van der Waals surface area contributed by atoms with Crippen molar-refractivity contribution in [2.75, 3.05) is 0 Å². The van der Waals surface area contributed by atoms with E-state index in [9.17, 15) is 4.79 Å². The molecule has 0 N–H and O–H groups in total. The van der Waals surface area contributed by atoms with Gasteiger partial charge in [0.25, 0.3) is 0 Å². The number of unbranched alkanes of at least 4 members (excludes halogenated alkanes) is 2. The second-order valence-corrected chi connectivity index (χ2v) is 13.0. The minimum Gasteiger partial charge on any atom is -0.487 e. The molecule has 4 rings (SSSR count). The first-order valence-electron chi connectivity index (χ1n) is 17.0. The van der Waals surface area contributed by atoms with E-state index in [1.54, 1.807) is 0 Å². The summed E-state index contributed by atoms with van der Waals surface area (Å²) in [7, 11) is 0. The minimum absolute atomic E-state index is 0.149. The maximum atomic E-state index is 13.5. The van der Waals surface area contributed by atoms with E-state index in [0.29, 0.717) is 5.75 Å². The van der Waals surface area contributed by atoms with Crippen LogP contribution < -0.4 is 9.47 Å². The molecule has 0 amide bonds. The number of carbonyl (C=O) groups excluding carboxylic acids is 1. The van der Waals surface area contributed by atoms with Gasteiger partial charge in [0.1, 0.15) is 17.1 Å². The van der Waals surface area contributed by atoms with Crippen LogP contribution in [-0.2, 0) is 11.2 Å². The maximum absolute atomic E-state index is 13.5. The standard InChI is InChI=1S/C42H52O3/c1-7-11-27-41(5,9-3)40(43)44-38-25-23-32(30-36(38)34-19-15-13-16-20-34)29-33-24-26-39(45-42(6,10-4)28-12-8-2)37(31-33)35-21-17-14-18-22-35/h13-26,30-31H,7-12,27-29H2,1-6H3. The molecule has 2 atom stereocenters. The SMILES string of the molecule is CCCCC(C)(CC)Oc1ccc(Cc2ccc(OC(=O)C(C)(CC)CCCC)c(-c3ccccc3)c2)cc1-c1ccccc1. The van der Waals surface area contributed by atoms with Crippen molar-refractivity contribution in [2.45, 2.75) is 105 Å². The van der Waals surface area contributed by atoms with E-state index >= 15 is 0 Å². The first kappa shape index (κ1) is 34.0. The smallest absolute Gasteiger partial charge is 0.317 e. The van der Waals surface area contributed by atoms with Crippen molar-refractivity contribution in [2.24, 2.45) is 5.41 Å². The second kappa shape index (κ2) is 15.9. The van der Waals surface area contributed by atoms with E-state index in [4.69, 9.17) is 9.47 Å². The molecule has 0 aliphatic rings. The van der Waals surface area contributed by atoms with Gasteiger partial charge in [-0.05, 0) is 98.9 Å². The van der Waals surface area contributed by atoms with Gasteiger partial charge in [-0.1, -0.05) is 120 Å². The lowest BCUT2D eigenvalue weighted by molar-refractivity contribution is -0.145. The van der Waals surface area contributed by atoms with E-state index in [0.717, 1.165) is 91.4 Å². The maximum Gasteiger partial charge on any atom is 0.317 e. The molecule has 0 bridgehead atoms. The van der Waals surface area contributed by atoms with Crippen LogP contribution in [0.1, 0.15) is 104 Å². The Hall–Kier alpha value is -3.85. The van der Waals surface area contributed by atoms with Gasteiger partial charge in [-0.2, -0.15) is 0 Å². The fraction of sp³-hybridized carbons (Fsp3) is 0.405. The Bertz CT molecular complexity index is 1510. The predicted molar refractivity (Wildman–Crippen MR) is 189 cm³/mol. The summed E-state index contributed by atoms with van der Waals surface area (Å²) in [5.41, 5.74) is 5.90. The quantitative estimate of drug-likeness (QED) is 0.0942. The van der Waals surface area contributed by atoms with Crippen molar-refractivity contribution in [3.63, 3.8) is 0 Å². The lowest BCUT2D eigenvalue weighted by atomic mass is 9.82. The highest BCUT2D eigenvalue weighted by Gasteiger charge is 2.33. The topological polar surface area (TPSA) is 35.5 Å². The predicted octanol–water partition coefficient (Wildman–Crippen LogP) is 11.9. The monoisotopic (exact) mass is 604 g/mol. The lowest BCUT2D eigenvalue weighted by Gasteiger charge is -2.31. The number of rotatable bonds is 16. The third-order valence-electron chi connectivity index (χ3n) is 9.39. The highest BCUT2D eigenvalue weighted by Crippen LogP contribution is 2.38. The molecule has 4 aromatic rings. The molecule has 2 unspecified atom stereocenters. The molecular formula is C42H52O3. The summed E-state index contributed by atoms with van der Waals surface area (Å²) in [6, 6.07) is 33.6. The molecule has 0 spiro atoms. The molecule has 0 fully saturated rings. The van der Waals surface area contributed by atoms with Gasteiger partial charge in [-0.3, -0.25) is 4.79 Å². The Balaban J connectivity index is 1.68. The summed E-state index contributed by atoms with van der Waals surface area (Å²) in [6.07, 6.45) is 8.69. The fourth-order valence-electron chi connectivity index (χ4n) is 5.80. The molecule has 3 nitrogen and oxygen atoms in total. The number of carbonyl (C=O) groups is 1. The summed E-state index contributed by atoms with van der Waals surface area (Å²) in [5.74, 6) is 1.40. The van der Waals surface area contributed by atoms with Crippen molar-refractivity contribution < 1.29 is 14.3 Å². The Morgan fingerprint density at radius 1 is 0.622 bits per heavy atom. The van der Waals surface area contributed by atoms with Crippen LogP contribution in [0.15, 0.2) is 97.1 Å². The van der Waals surface area contributed by atoms with E-state index in [1.165, 1.54) is 5.56 Å². The average Bonchev–Trinajstić information content (AvgIpc) is 3.08. The molecule has 0 radical (unpaired) electrons. The normalized spacial score (nSPS) is 13.9. The Morgan fingerprint density at radius 2 is 1.13 bits per heavy atom. The molecule has 0 aromatic heterocycles. The molecule has 238 valence electrons. The van der Waals surface area contributed by atoms with Crippen LogP contribution in [0.4, 0.5) is 0 Å². The Labute approximate surface area is 272 Å². The molecule has 0 saturated heterocycles. The largest absolute Gasteiger partial charge is 0.487 e. The van der Waals surface area contributed by atoms with Gasteiger partial charge in [-0.15, -0.1) is 0 Å². The number of ether oxygens (including phenoxy) is 2. The van der Waals surface area contributed by atoms with Crippen LogP contribution in [-0.4, -0.2) is 11.6 Å². The zero-order chi connectivity index (χ0) is 32.3. The zero-order valence-corrected chi connectivity index (χ0v) is 28.3. The number of esters is 1. The van der Waals surface area contributed by atoms with E-state index in [2.05, 4.69) is 107 Å². The summed E-state index contributed by atoms with van der Waals surface area (Å²) < 4.78 is 13.0. The third kappa shape index (κ3) is 8.87. The molecule has 0 saturated carbocycles. The van der Waals surface area contributed by atoms with E-state index < -0.39 is 5.41 Å². The fourth-order valence-corrected chi connectivity index (χ4v) is 5.80.